The molecule has 3 aromatic heterocycles. The lowest BCUT2D eigenvalue weighted by Gasteiger charge is -2.20. The van der Waals surface area contributed by atoms with Gasteiger partial charge in [-0.15, -0.1) is 0 Å². The van der Waals surface area contributed by atoms with E-state index in [0.717, 1.165) is 29.6 Å². The SMILES string of the molecule is Cn1c(-c2cc3ccc4[nH]ccc4c3n2CC2CC2)nc2cc(C(=O)N3C[C@@H](I)C[C@H]3I)cc(F)c21. The van der Waals surface area contributed by atoms with Gasteiger partial charge < -0.3 is 19.0 Å². The molecule has 2 aromatic carbocycles. The molecule has 0 spiro atoms. The van der Waals surface area contributed by atoms with Crippen LogP contribution in [0.25, 0.3) is 44.4 Å². The molecule has 2 aliphatic rings. The first kappa shape index (κ1) is 23.0. The zero-order valence-corrected chi connectivity index (χ0v) is 24.0. The van der Waals surface area contributed by atoms with Crippen LogP contribution in [0.1, 0.15) is 29.6 Å². The number of amides is 1. The van der Waals surface area contributed by atoms with Gasteiger partial charge in [0, 0.05) is 52.1 Å². The lowest BCUT2D eigenvalue weighted by molar-refractivity contribution is 0.0786. The molecule has 6 nitrogen and oxygen atoms in total. The number of nitrogens with zero attached hydrogens (tertiary/aromatic N) is 4. The van der Waals surface area contributed by atoms with Crippen LogP contribution in [-0.4, -0.2) is 44.4 Å². The molecule has 2 atom stereocenters. The number of hydrogen-bond donors (Lipinski definition) is 1. The van der Waals surface area contributed by atoms with E-state index in [0.29, 0.717) is 38.8 Å². The molecule has 1 N–H and O–H groups in total. The van der Waals surface area contributed by atoms with E-state index in [1.165, 1.54) is 29.8 Å². The number of nitrogens with one attached hydrogen (secondary N) is 1. The molecule has 1 aliphatic carbocycles. The lowest BCUT2D eigenvalue weighted by atomic mass is 10.1. The topological polar surface area (TPSA) is 58.9 Å². The van der Waals surface area contributed by atoms with Gasteiger partial charge in [-0.2, -0.15) is 0 Å². The van der Waals surface area contributed by atoms with Crippen LogP contribution in [0.15, 0.2) is 42.6 Å². The molecule has 4 heterocycles. The first-order valence-corrected chi connectivity index (χ1v) is 14.7. The summed E-state index contributed by atoms with van der Waals surface area (Å²) in [5.74, 6) is 0.839. The summed E-state index contributed by atoms with van der Waals surface area (Å²) in [6.07, 6.45) is 5.39. The Kier molecular flexibility index (Phi) is 5.39. The second-order valence-corrected chi connectivity index (χ2v) is 13.3. The maximum atomic E-state index is 15.5. The summed E-state index contributed by atoms with van der Waals surface area (Å²) in [5, 5.41) is 2.33. The third-order valence-corrected chi connectivity index (χ3v) is 9.65. The summed E-state index contributed by atoms with van der Waals surface area (Å²) in [6, 6.07) is 11.7. The van der Waals surface area contributed by atoms with E-state index in [2.05, 4.69) is 79.0 Å². The minimum absolute atomic E-state index is 0.124. The highest BCUT2D eigenvalue weighted by Crippen LogP contribution is 2.39. The van der Waals surface area contributed by atoms with E-state index in [1.807, 2.05) is 22.7 Å². The Morgan fingerprint density at radius 3 is 2.75 bits per heavy atom. The molecule has 2 fully saturated rings. The summed E-state index contributed by atoms with van der Waals surface area (Å²) in [4.78, 5) is 23.4. The van der Waals surface area contributed by atoms with Gasteiger partial charge in [0.05, 0.1) is 20.8 Å². The van der Waals surface area contributed by atoms with E-state index in [1.54, 1.807) is 6.07 Å². The highest BCUT2D eigenvalue weighted by Gasteiger charge is 2.33. The van der Waals surface area contributed by atoms with E-state index in [9.17, 15) is 4.79 Å². The van der Waals surface area contributed by atoms with Crippen LogP contribution in [-0.2, 0) is 13.6 Å². The average Bonchev–Trinajstić information content (AvgIpc) is 3.14. The van der Waals surface area contributed by atoms with Gasteiger partial charge in [-0.05, 0) is 55.5 Å². The number of hydrogen-bond acceptors (Lipinski definition) is 2. The Morgan fingerprint density at radius 2 is 2.00 bits per heavy atom. The van der Waals surface area contributed by atoms with Crippen LogP contribution in [0.4, 0.5) is 4.39 Å². The fourth-order valence-electron chi connectivity index (χ4n) is 5.60. The van der Waals surface area contributed by atoms with Gasteiger partial charge >= 0.3 is 0 Å². The molecule has 36 heavy (non-hydrogen) atoms. The Labute approximate surface area is 234 Å². The van der Waals surface area contributed by atoms with Crippen molar-refractivity contribution in [2.24, 2.45) is 13.0 Å². The predicted octanol–water partition coefficient (Wildman–Crippen LogP) is 6.64. The lowest BCUT2D eigenvalue weighted by Crippen LogP contribution is -2.32. The Bertz CT molecular complexity index is 1680. The van der Waals surface area contributed by atoms with Crippen LogP contribution in [0.3, 0.4) is 0 Å². The number of carbonyl (C=O) groups is 1. The standard InChI is InChI=1S/C27H24FI2N5O/c1-33-25-19(28)8-16(27(36)35-13-17(29)11-23(35)30)9-21(25)32-26(33)22-10-15-4-5-20-18(6-7-31-20)24(15)34(22)12-14-2-3-14/h4-10,14,17,23,31H,2-3,11-13H2,1H3/t17-,23-/m0/s1. The molecule has 1 amide bonds. The molecule has 0 unspecified atom stereocenters. The number of aryl methyl sites for hydroxylation is 1. The third kappa shape index (κ3) is 3.59. The van der Waals surface area contributed by atoms with Crippen LogP contribution in [0, 0.1) is 11.7 Å². The minimum Gasteiger partial charge on any atom is -0.361 e. The minimum atomic E-state index is -0.412. The molecule has 1 saturated carbocycles. The summed E-state index contributed by atoms with van der Waals surface area (Å²) < 4.78 is 20.2. The maximum absolute atomic E-state index is 15.5. The Hall–Kier alpha value is -2.15. The third-order valence-electron chi connectivity index (χ3n) is 7.57. The van der Waals surface area contributed by atoms with E-state index < -0.39 is 5.82 Å². The Morgan fingerprint density at radius 1 is 1.17 bits per heavy atom. The molecule has 1 aliphatic heterocycles. The molecular formula is C27H24FI2N5O. The molecule has 5 aromatic rings. The van der Waals surface area contributed by atoms with Crippen LogP contribution in [0.5, 0.6) is 0 Å². The zero-order valence-electron chi connectivity index (χ0n) is 19.6. The number of carbonyl (C=O) groups excluding carboxylic acids is 1. The summed E-state index contributed by atoms with van der Waals surface area (Å²) >= 11 is 4.69. The van der Waals surface area contributed by atoms with Crippen molar-refractivity contribution in [3.05, 3.63) is 54.0 Å². The number of rotatable bonds is 4. The predicted molar refractivity (Wildman–Crippen MR) is 157 cm³/mol. The van der Waals surface area contributed by atoms with Crippen molar-refractivity contribution in [2.45, 2.75) is 33.8 Å². The van der Waals surface area contributed by atoms with Crippen molar-refractivity contribution in [3.8, 4) is 11.5 Å². The fourth-order valence-corrected chi connectivity index (χ4v) is 8.57. The van der Waals surface area contributed by atoms with Crippen molar-refractivity contribution in [2.75, 3.05) is 6.54 Å². The fraction of sp³-hybridized carbons (Fsp3) is 0.333. The number of alkyl halides is 2. The maximum Gasteiger partial charge on any atom is 0.254 e. The van der Waals surface area contributed by atoms with Gasteiger partial charge in [0.1, 0.15) is 11.3 Å². The number of aromatic nitrogens is 4. The van der Waals surface area contributed by atoms with Gasteiger partial charge in [0.2, 0.25) is 0 Å². The van der Waals surface area contributed by atoms with Crippen LogP contribution >= 0.6 is 45.2 Å². The first-order valence-electron chi connectivity index (χ1n) is 12.2. The number of fused-ring (bicyclic) bond motifs is 4. The van der Waals surface area contributed by atoms with Gasteiger partial charge in [-0.3, -0.25) is 4.79 Å². The van der Waals surface area contributed by atoms with Crippen molar-refractivity contribution >= 4 is 83.9 Å². The van der Waals surface area contributed by atoms with Crippen LogP contribution < -0.4 is 0 Å². The van der Waals surface area contributed by atoms with E-state index in [-0.39, 0.29) is 9.96 Å². The zero-order chi connectivity index (χ0) is 24.7. The van der Waals surface area contributed by atoms with E-state index >= 15 is 4.39 Å². The van der Waals surface area contributed by atoms with Crippen molar-refractivity contribution in [1.82, 2.24) is 24.0 Å². The molecule has 184 valence electrons. The molecule has 0 radical (unpaired) electrons. The summed E-state index contributed by atoms with van der Waals surface area (Å²) in [7, 11) is 1.86. The van der Waals surface area contributed by atoms with Gasteiger partial charge in [0.15, 0.2) is 5.82 Å². The monoisotopic (exact) mass is 707 g/mol. The molecule has 0 bridgehead atoms. The molecular weight excluding hydrogens is 683 g/mol. The average molecular weight is 707 g/mol. The highest BCUT2D eigenvalue weighted by atomic mass is 127. The van der Waals surface area contributed by atoms with Gasteiger partial charge in [0.25, 0.3) is 5.91 Å². The van der Waals surface area contributed by atoms with Crippen molar-refractivity contribution in [3.63, 3.8) is 0 Å². The highest BCUT2D eigenvalue weighted by molar-refractivity contribution is 14.1. The second-order valence-electron chi connectivity index (χ2n) is 10.1. The van der Waals surface area contributed by atoms with Gasteiger partial charge in [-0.25, -0.2) is 9.37 Å². The smallest absolute Gasteiger partial charge is 0.254 e. The van der Waals surface area contributed by atoms with Crippen molar-refractivity contribution < 1.29 is 9.18 Å². The van der Waals surface area contributed by atoms with Crippen molar-refractivity contribution in [1.29, 1.82) is 0 Å². The second kappa shape index (κ2) is 8.44. The number of benzene rings is 2. The number of H-pyrrole nitrogens is 1. The van der Waals surface area contributed by atoms with Crippen LogP contribution in [0.2, 0.25) is 0 Å². The summed E-state index contributed by atoms with van der Waals surface area (Å²) in [5.41, 5.74) is 4.58. The Balaban J connectivity index is 1.39. The van der Waals surface area contributed by atoms with Gasteiger partial charge in [-0.1, -0.05) is 51.2 Å². The number of imidazole rings is 1. The number of likely N-dealkylation sites (tertiary alicyclic amines) is 1. The quantitative estimate of drug-likeness (QED) is 0.130. The summed E-state index contributed by atoms with van der Waals surface area (Å²) in [6.45, 7) is 1.61. The molecule has 7 rings (SSSR count). The van der Waals surface area contributed by atoms with E-state index in [4.69, 9.17) is 4.98 Å². The number of aromatic amines is 1. The molecule has 9 heteroatoms. The first-order chi connectivity index (χ1) is 17.4. The normalized spacial score (nSPS) is 20.4. The number of halogens is 3. The largest absolute Gasteiger partial charge is 0.361 e. The molecule has 1 saturated heterocycles.